The Balaban J connectivity index is 2.21. The number of halogens is 4. The summed E-state index contributed by atoms with van der Waals surface area (Å²) in [6.45, 7) is 1.73. The Labute approximate surface area is 187 Å². The number of rotatable bonds is 5. The fourth-order valence-corrected chi connectivity index (χ4v) is 3.10. The highest BCUT2D eigenvalue weighted by atomic mass is 19.4. The number of aromatic nitrogens is 2. The summed E-state index contributed by atoms with van der Waals surface area (Å²) < 4.78 is 55.3. The van der Waals surface area contributed by atoms with Crippen molar-refractivity contribution >= 4 is 17.4 Å². The summed E-state index contributed by atoms with van der Waals surface area (Å²) >= 11 is 0. The van der Waals surface area contributed by atoms with Crippen molar-refractivity contribution in [3.63, 3.8) is 0 Å². The monoisotopic (exact) mass is 456 g/mol. The van der Waals surface area contributed by atoms with E-state index in [1.165, 1.54) is 36.8 Å². The first-order valence-electron chi connectivity index (χ1n) is 9.61. The molecule has 170 valence electrons. The van der Waals surface area contributed by atoms with Crippen molar-refractivity contribution in [2.45, 2.75) is 13.1 Å². The van der Waals surface area contributed by atoms with Gasteiger partial charge in [-0.15, -0.1) is 0 Å². The molecule has 0 spiro atoms. The first kappa shape index (κ1) is 23.5. The Morgan fingerprint density at radius 1 is 1.00 bits per heavy atom. The average Bonchev–Trinajstić information content (AvgIpc) is 2.76. The smallest absolute Gasteiger partial charge is 0.382 e. The number of anilines is 1. The van der Waals surface area contributed by atoms with E-state index in [-0.39, 0.29) is 34.2 Å². The number of nitrogens with two attached hydrogens (primary N) is 3. The lowest BCUT2D eigenvalue weighted by Gasteiger charge is -2.15. The molecule has 1 aromatic heterocycles. The zero-order valence-electron chi connectivity index (χ0n) is 17.4. The molecule has 6 nitrogen and oxygen atoms in total. The van der Waals surface area contributed by atoms with E-state index in [4.69, 9.17) is 17.2 Å². The molecule has 0 amide bonds. The molecule has 0 aliphatic heterocycles. The van der Waals surface area contributed by atoms with Crippen LogP contribution in [0.25, 0.3) is 28.0 Å². The minimum Gasteiger partial charge on any atom is -0.382 e. The number of aliphatic imine (C=N–C) groups is 1. The predicted octanol–water partition coefficient (Wildman–Crippen LogP) is 4.74. The molecule has 0 aliphatic rings. The molecular formula is C23H20F4N6. The van der Waals surface area contributed by atoms with E-state index in [9.17, 15) is 17.6 Å². The van der Waals surface area contributed by atoms with Gasteiger partial charge in [0.2, 0.25) is 0 Å². The summed E-state index contributed by atoms with van der Waals surface area (Å²) in [4.78, 5) is 11.8. The van der Waals surface area contributed by atoms with Crippen molar-refractivity contribution in [1.82, 2.24) is 9.97 Å². The minimum absolute atomic E-state index is 0.129. The lowest BCUT2D eigenvalue weighted by Crippen LogP contribution is -2.21. The molecule has 3 rings (SSSR count). The normalized spacial score (nSPS) is 12.2. The molecule has 10 heteroatoms. The van der Waals surface area contributed by atoms with Crippen molar-refractivity contribution in [2.75, 3.05) is 5.73 Å². The lowest BCUT2D eigenvalue weighted by atomic mass is 9.91. The van der Waals surface area contributed by atoms with Gasteiger partial charge in [-0.25, -0.2) is 14.4 Å². The summed E-state index contributed by atoms with van der Waals surface area (Å²) in [6.07, 6.45) is 2.65. The average molecular weight is 456 g/mol. The van der Waals surface area contributed by atoms with Gasteiger partial charge in [-0.2, -0.15) is 13.2 Å². The molecule has 0 fully saturated rings. The topological polar surface area (TPSA) is 116 Å². The van der Waals surface area contributed by atoms with E-state index in [1.54, 1.807) is 19.1 Å². The second-order valence-electron chi connectivity index (χ2n) is 6.92. The summed E-state index contributed by atoms with van der Waals surface area (Å²) in [5.41, 5.74) is 17.0. The highest BCUT2D eigenvalue weighted by Gasteiger charge is 2.31. The molecule has 1 heterocycles. The van der Waals surface area contributed by atoms with E-state index in [0.717, 1.165) is 18.2 Å². The third kappa shape index (κ3) is 5.53. The molecule has 0 aliphatic carbocycles. The Morgan fingerprint density at radius 3 is 2.33 bits per heavy atom. The molecule has 0 unspecified atom stereocenters. The molecule has 0 atom stereocenters. The van der Waals surface area contributed by atoms with Crippen LogP contribution < -0.4 is 17.2 Å². The first-order valence-corrected chi connectivity index (χ1v) is 9.61. The first-order chi connectivity index (χ1) is 15.6. The molecule has 0 saturated carbocycles. The third-order valence-corrected chi connectivity index (χ3v) is 4.58. The maximum Gasteiger partial charge on any atom is 0.416 e. The van der Waals surface area contributed by atoms with Gasteiger partial charge >= 0.3 is 6.18 Å². The standard InChI is InChI=1S/C23H20F4N6/c1-2-3-14(10-33-22(29)30)16-7-5-15(23(25,26)27)9-18(16)13-4-6-17(19(24)8-13)20-11-32-21(28)12-31-20/h2-12H,1H3,(H2,28,32)(H4,29,30,33)/b3-2-,14-10+. The number of hydrogen-bond donors (Lipinski definition) is 3. The number of hydrogen-bond acceptors (Lipinski definition) is 4. The van der Waals surface area contributed by atoms with E-state index >= 15 is 0 Å². The van der Waals surface area contributed by atoms with Crippen LogP contribution in [0, 0.1) is 5.82 Å². The molecule has 3 aromatic rings. The number of nitrogen functional groups attached to an aromatic ring is 1. The maximum absolute atomic E-state index is 15.0. The van der Waals surface area contributed by atoms with Gasteiger partial charge in [0.15, 0.2) is 5.96 Å². The van der Waals surface area contributed by atoms with Crippen LogP contribution in [-0.2, 0) is 6.18 Å². The lowest BCUT2D eigenvalue weighted by molar-refractivity contribution is -0.137. The van der Waals surface area contributed by atoms with E-state index in [0.29, 0.717) is 11.1 Å². The largest absolute Gasteiger partial charge is 0.416 e. The molecule has 2 aromatic carbocycles. The fourth-order valence-electron chi connectivity index (χ4n) is 3.10. The molecule has 0 radical (unpaired) electrons. The van der Waals surface area contributed by atoms with E-state index in [1.807, 2.05) is 0 Å². The van der Waals surface area contributed by atoms with Crippen molar-refractivity contribution in [3.05, 3.63) is 84.1 Å². The second kappa shape index (κ2) is 9.51. The van der Waals surface area contributed by atoms with Gasteiger partial charge in [0, 0.05) is 17.3 Å². The van der Waals surface area contributed by atoms with Crippen LogP contribution in [0.1, 0.15) is 18.1 Å². The number of guanidine groups is 1. The maximum atomic E-state index is 15.0. The zero-order chi connectivity index (χ0) is 24.2. The number of alkyl halides is 3. The summed E-state index contributed by atoms with van der Waals surface area (Å²) in [7, 11) is 0. The Hall–Kier alpha value is -4.21. The quantitative estimate of drug-likeness (QED) is 0.222. The molecule has 33 heavy (non-hydrogen) atoms. The molecule has 6 N–H and O–H groups in total. The summed E-state index contributed by atoms with van der Waals surface area (Å²) in [6, 6.07) is 7.26. The predicted molar refractivity (Wildman–Crippen MR) is 121 cm³/mol. The van der Waals surface area contributed by atoms with Crippen molar-refractivity contribution in [3.8, 4) is 22.4 Å². The van der Waals surface area contributed by atoms with Crippen molar-refractivity contribution in [1.29, 1.82) is 0 Å². The van der Waals surface area contributed by atoms with Crippen molar-refractivity contribution in [2.24, 2.45) is 16.5 Å². The van der Waals surface area contributed by atoms with Gasteiger partial charge in [0.25, 0.3) is 0 Å². The van der Waals surface area contributed by atoms with Gasteiger partial charge in [-0.1, -0.05) is 24.3 Å². The van der Waals surface area contributed by atoms with Gasteiger partial charge in [-0.3, -0.25) is 4.98 Å². The van der Waals surface area contributed by atoms with Crippen LogP contribution in [0.5, 0.6) is 0 Å². The second-order valence-corrected chi connectivity index (χ2v) is 6.92. The fraction of sp³-hybridized carbons (Fsp3) is 0.0870. The van der Waals surface area contributed by atoms with Gasteiger partial charge in [0.05, 0.1) is 23.7 Å². The molecular weight excluding hydrogens is 436 g/mol. The van der Waals surface area contributed by atoms with Crippen molar-refractivity contribution < 1.29 is 17.6 Å². The van der Waals surface area contributed by atoms with Crippen LogP contribution in [0.4, 0.5) is 23.4 Å². The Bertz CT molecular complexity index is 1240. The van der Waals surface area contributed by atoms with E-state index < -0.39 is 17.6 Å². The highest BCUT2D eigenvalue weighted by Crippen LogP contribution is 2.38. The van der Waals surface area contributed by atoms with Crippen LogP contribution in [-0.4, -0.2) is 15.9 Å². The summed E-state index contributed by atoms with van der Waals surface area (Å²) in [5.74, 6) is -0.727. The molecule has 0 bridgehead atoms. The number of nitrogens with zero attached hydrogens (tertiary/aromatic N) is 3. The van der Waals surface area contributed by atoms with Gasteiger partial charge in [-0.05, 0) is 47.9 Å². The third-order valence-electron chi connectivity index (χ3n) is 4.58. The summed E-state index contributed by atoms with van der Waals surface area (Å²) in [5, 5.41) is 0. The van der Waals surface area contributed by atoms with Gasteiger partial charge < -0.3 is 17.2 Å². The number of benzene rings is 2. The highest BCUT2D eigenvalue weighted by molar-refractivity contribution is 5.87. The van der Waals surface area contributed by atoms with Gasteiger partial charge in [0.1, 0.15) is 11.6 Å². The minimum atomic E-state index is -4.59. The van der Waals surface area contributed by atoms with Crippen LogP contribution in [0.15, 0.2) is 72.1 Å². The van der Waals surface area contributed by atoms with Crippen LogP contribution in [0.3, 0.4) is 0 Å². The Kier molecular flexibility index (Phi) is 6.76. The number of allylic oxidation sites excluding steroid dienone is 3. The molecule has 0 saturated heterocycles. The van der Waals surface area contributed by atoms with E-state index in [2.05, 4.69) is 15.0 Å². The Morgan fingerprint density at radius 2 is 1.76 bits per heavy atom. The van der Waals surface area contributed by atoms with Crippen LogP contribution in [0.2, 0.25) is 0 Å². The zero-order valence-corrected chi connectivity index (χ0v) is 17.4. The SMILES string of the molecule is C/C=C\C(=C/N=C(N)N)c1ccc(C(F)(F)F)cc1-c1ccc(-c2cnc(N)cn2)c(F)c1. The van der Waals surface area contributed by atoms with Crippen LogP contribution >= 0.6 is 0 Å².